The molecule has 2 unspecified atom stereocenters. The molecule has 2 amide bonds. The molecule has 0 spiro atoms. The van der Waals surface area contributed by atoms with E-state index in [0.717, 1.165) is 13.5 Å². The van der Waals surface area contributed by atoms with E-state index in [0.29, 0.717) is 6.42 Å². The average molecular weight is 376 g/mol. The first-order valence-electron chi connectivity index (χ1n) is 8.17. The summed E-state index contributed by atoms with van der Waals surface area (Å²) >= 11 is 0. The highest BCUT2D eigenvalue weighted by Gasteiger charge is 2.18. The molecule has 0 aliphatic carbocycles. The van der Waals surface area contributed by atoms with Crippen molar-refractivity contribution in [2.24, 2.45) is 0 Å². The van der Waals surface area contributed by atoms with Gasteiger partial charge >= 0.3 is 11.9 Å². The van der Waals surface area contributed by atoms with Gasteiger partial charge in [0.1, 0.15) is 19.4 Å². The Labute approximate surface area is 152 Å². The molecule has 0 bridgehead atoms. The molecule has 0 rings (SSSR count). The Bertz CT molecular complexity index is 465. The van der Waals surface area contributed by atoms with Crippen LogP contribution >= 0.6 is 0 Å². The van der Waals surface area contributed by atoms with E-state index >= 15 is 0 Å². The molecule has 26 heavy (non-hydrogen) atoms. The van der Waals surface area contributed by atoms with E-state index in [1.807, 2.05) is 6.92 Å². The highest BCUT2D eigenvalue weighted by Crippen LogP contribution is 2.09. The van der Waals surface area contributed by atoms with Crippen LogP contribution in [0.5, 0.6) is 0 Å². The molecule has 0 aliphatic rings. The lowest BCUT2D eigenvalue weighted by atomic mass is 10.1. The zero-order valence-corrected chi connectivity index (χ0v) is 15.7. The quantitative estimate of drug-likeness (QED) is 0.250. The van der Waals surface area contributed by atoms with E-state index in [4.69, 9.17) is 14.2 Å². The molecule has 10 heteroatoms. The second-order valence-corrected chi connectivity index (χ2v) is 5.35. The van der Waals surface area contributed by atoms with Gasteiger partial charge in [0.25, 0.3) is 0 Å². The maximum Gasteiger partial charge on any atom is 0.315 e. The van der Waals surface area contributed by atoms with Crippen LogP contribution in [0.1, 0.15) is 32.6 Å². The number of nitrogens with one attached hydrogen (secondary N) is 2. The van der Waals surface area contributed by atoms with E-state index in [2.05, 4.69) is 15.4 Å². The van der Waals surface area contributed by atoms with Gasteiger partial charge in [0.2, 0.25) is 11.8 Å². The third-order valence-electron chi connectivity index (χ3n) is 3.49. The summed E-state index contributed by atoms with van der Waals surface area (Å²) in [7, 11) is 4.26. The van der Waals surface area contributed by atoms with Crippen LogP contribution in [0.3, 0.4) is 0 Å². The predicted molar refractivity (Wildman–Crippen MR) is 89.9 cm³/mol. The summed E-state index contributed by atoms with van der Waals surface area (Å²) in [5.74, 6) is -2.63. The van der Waals surface area contributed by atoms with Crippen molar-refractivity contribution in [2.45, 2.75) is 44.8 Å². The van der Waals surface area contributed by atoms with E-state index in [1.165, 1.54) is 7.11 Å². The van der Waals surface area contributed by atoms with Crippen molar-refractivity contribution in [2.75, 3.05) is 34.6 Å². The first-order valence-corrected chi connectivity index (χ1v) is 8.17. The summed E-state index contributed by atoms with van der Waals surface area (Å²) in [4.78, 5) is 45.4. The number of hydrogen-bond donors (Lipinski definition) is 2. The van der Waals surface area contributed by atoms with Gasteiger partial charge in [-0.1, -0.05) is 6.92 Å². The molecule has 2 N–H and O–H groups in total. The number of methoxy groups -OCH3 is 3. The van der Waals surface area contributed by atoms with Crippen molar-refractivity contribution in [1.29, 1.82) is 0 Å². The van der Waals surface area contributed by atoms with Gasteiger partial charge in [-0.15, -0.1) is 0 Å². The summed E-state index contributed by atoms with van der Waals surface area (Å²) in [5.41, 5.74) is 0. The zero-order chi connectivity index (χ0) is 19.9. The topological polar surface area (TPSA) is 129 Å². The SMILES string of the molecule is CCC(CC(COC(=O)CC(=O)NCNC(=O)CC(=O)OC)OC)OC. The van der Waals surface area contributed by atoms with Crippen LogP contribution in [0.25, 0.3) is 0 Å². The summed E-state index contributed by atoms with van der Waals surface area (Å²) in [6, 6.07) is 0. The minimum atomic E-state index is -0.712. The lowest BCUT2D eigenvalue weighted by Gasteiger charge is -2.20. The van der Waals surface area contributed by atoms with E-state index in [9.17, 15) is 19.2 Å². The molecule has 0 saturated carbocycles. The normalized spacial score (nSPS) is 12.6. The Kier molecular flexibility index (Phi) is 12.8. The average Bonchev–Trinajstić information content (AvgIpc) is 2.61. The lowest BCUT2D eigenvalue weighted by Crippen LogP contribution is -2.39. The van der Waals surface area contributed by atoms with Gasteiger partial charge in [-0.05, 0) is 6.42 Å². The van der Waals surface area contributed by atoms with Crippen LogP contribution in [0, 0.1) is 0 Å². The molecule has 2 atom stereocenters. The largest absolute Gasteiger partial charge is 0.469 e. The minimum absolute atomic E-state index is 0.00412. The summed E-state index contributed by atoms with van der Waals surface area (Å²) in [5, 5.41) is 4.60. The molecule has 0 aromatic carbocycles. The van der Waals surface area contributed by atoms with Crippen molar-refractivity contribution in [3.8, 4) is 0 Å². The Balaban J connectivity index is 4.02. The lowest BCUT2D eigenvalue weighted by molar-refractivity contribution is -0.150. The fraction of sp³-hybridized carbons (Fsp3) is 0.750. The van der Waals surface area contributed by atoms with Crippen LogP contribution in [0.4, 0.5) is 0 Å². The third-order valence-corrected chi connectivity index (χ3v) is 3.49. The number of carbonyl (C=O) groups is 4. The molecule has 150 valence electrons. The first-order chi connectivity index (χ1) is 12.4. The van der Waals surface area contributed by atoms with Crippen LogP contribution in [-0.2, 0) is 38.1 Å². The highest BCUT2D eigenvalue weighted by molar-refractivity contribution is 5.95. The fourth-order valence-corrected chi connectivity index (χ4v) is 1.89. The molecule has 0 aromatic rings. The fourth-order valence-electron chi connectivity index (χ4n) is 1.89. The monoisotopic (exact) mass is 376 g/mol. The van der Waals surface area contributed by atoms with Gasteiger partial charge in [0.05, 0.1) is 26.0 Å². The number of rotatable bonds is 13. The Morgan fingerprint density at radius 1 is 0.846 bits per heavy atom. The van der Waals surface area contributed by atoms with E-state index < -0.39 is 36.6 Å². The Hall–Kier alpha value is -2.20. The van der Waals surface area contributed by atoms with Crippen molar-refractivity contribution < 1.29 is 38.1 Å². The maximum atomic E-state index is 11.7. The number of carbonyl (C=O) groups excluding carboxylic acids is 4. The van der Waals surface area contributed by atoms with Crippen LogP contribution < -0.4 is 10.6 Å². The van der Waals surface area contributed by atoms with Crippen molar-refractivity contribution in [3.05, 3.63) is 0 Å². The van der Waals surface area contributed by atoms with Gasteiger partial charge in [-0.3, -0.25) is 19.2 Å². The molecule has 0 heterocycles. The predicted octanol–water partition coefficient (Wildman–Crippen LogP) is -0.497. The Morgan fingerprint density at radius 2 is 1.38 bits per heavy atom. The van der Waals surface area contributed by atoms with Gasteiger partial charge in [0.15, 0.2) is 0 Å². The Morgan fingerprint density at radius 3 is 1.85 bits per heavy atom. The molecule has 10 nitrogen and oxygen atoms in total. The summed E-state index contributed by atoms with van der Waals surface area (Å²) in [6.07, 6.45) is 0.0848. The van der Waals surface area contributed by atoms with Crippen molar-refractivity contribution in [3.63, 3.8) is 0 Å². The van der Waals surface area contributed by atoms with Crippen molar-refractivity contribution >= 4 is 23.8 Å². The minimum Gasteiger partial charge on any atom is -0.469 e. The van der Waals surface area contributed by atoms with Gasteiger partial charge < -0.3 is 29.6 Å². The zero-order valence-electron chi connectivity index (χ0n) is 15.7. The van der Waals surface area contributed by atoms with Crippen molar-refractivity contribution in [1.82, 2.24) is 10.6 Å². The third kappa shape index (κ3) is 11.4. The summed E-state index contributed by atoms with van der Waals surface area (Å²) < 4.78 is 19.8. The smallest absolute Gasteiger partial charge is 0.315 e. The number of esters is 2. The maximum absolute atomic E-state index is 11.7. The highest BCUT2D eigenvalue weighted by atomic mass is 16.6. The molecule has 0 fully saturated rings. The molecule has 0 radical (unpaired) electrons. The van der Waals surface area contributed by atoms with E-state index in [-0.39, 0.29) is 25.5 Å². The second kappa shape index (κ2) is 14.0. The number of ether oxygens (including phenoxy) is 4. The van der Waals surface area contributed by atoms with E-state index in [1.54, 1.807) is 7.11 Å². The summed E-state index contributed by atoms with van der Waals surface area (Å²) in [6.45, 7) is 1.77. The van der Waals surface area contributed by atoms with Gasteiger partial charge in [-0.2, -0.15) is 0 Å². The molecule has 0 aromatic heterocycles. The molecule has 0 saturated heterocycles. The first kappa shape index (κ1) is 23.8. The molecule has 0 aliphatic heterocycles. The van der Waals surface area contributed by atoms with Gasteiger partial charge in [-0.25, -0.2) is 0 Å². The van der Waals surface area contributed by atoms with Crippen LogP contribution in [0.15, 0.2) is 0 Å². The molecular weight excluding hydrogens is 348 g/mol. The number of hydrogen-bond acceptors (Lipinski definition) is 8. The molecular formula is C16H28N2O8. The van der Waals surface area contributed by atoms with Crippen LogP contribution in [0.2, 0.25) is 0 Å². The number of amides is 2. The standard InChI is InChI=1S/C16H28N2O8/c1-5-11(23-2)6-12(24-3)9-26-16(22)8-14(20)18-10-17-13(19)7-15(21)25-4/h11-12H,5-10H2,1-4H3,(H,17,19)(H,18,20). The van der Waals surface area contributed by atoms with Crippen LogP contribution in [-0.4, -0.2) is 70.6 Å². The van der Waals surface area contributed by atoms with Gasteiger partial charge in [0, 0.05) is 20.6 Å². The second-order valence-electron chi connectivity index (χ2n) is 5.35.